The number of hydrogen-bond donors (Lipinski definition) is 1. The Kier molecular flexibility index (Phi) is 5.64. The van der Waals surface area contributed by atoms with E-state index in [4.69, 9.17) is 4.74 Å². The maximum Gasteiger partial charge on any atom is 0.260 e. The molecule has 1 aromatic carbocycles. The molecule has 18 heavy (non-hydrogen) atoms. The van der Waals surface area contributed by atoms with Gasteiger partial charge in [-0.15, -0.1) is 0 Å². The molecule has 6 heteroatoms. The minimum Gasteiger partial charge on any atom is -0.483 e. The minimum atomic E-state index is -0.255. The fourth-order valence-corrected chi connectivity index (χ4v) is 1.59. The monoisotopic (exact) mass is 314 g/mol. The number of hydrogen-bond acceptors (Lipinski definition) is 3. The molecule has 1 aromatic rings. The first-order valence-corrected chi connectivity index (χ1v) is 6.15. The maximum atomic E-state index is 11.7. The lowest BCUT2D eigenvalue weighted by molar-refractivity contribution is -0.136. The maximum absolute atomic E-state index is 11.7. The third-order valence-electron chi connectivity index (χ3n) is 2.27. The number of nitrogens with zero attached hydrogens (tertiary/aromatic N) is 1. The lowest BCUT2D eigenvalue weighted by atomic mass is 10.3. The van der Waals surface area contributed by atoms with Gasteiger partial charge in [0.25, 0.3) is 5.91 Å². The summed E-state index contributed by atoms with van der Waals surface area (Å²) in [5, 5.41) is 2.45. The van der Waals surface area contributed by atoms with Gasteiger partial charge < -0.3 is 15.0 Å². The number of benzene rings is 1. The van der Waals surface area contributed by atoms with Gasteiger partial charge in [-0.25, -0.2) is 0 Å². The second-order valence-corrected chi connectivity index (χ2v) is 4.50. The third-order valence-corrected chi connectivity index (χ3v) is 2.93. The van der Waals surface area contributed by atoms with Gasteiger partial charge in [0.05, 0.1) is 11.0 Å². The van der Waals surface area contributed by atoms with Gasteiger partial charge in [0, 0.05) is 14.1 Å². The fourth-order valence-electron chi connectivity index (χ4n) is 1.19. The van der Waals surface area contributed by atoms with E-state index in [-0.39, 0.29) is 25.0 Å². The number of carbonyl (C=O) groups excluding carboxylic acids is 2. The largest absolute Gasteiger partial charge is 0.483 e. The molecular formula is C12H15BrN2O3. The van der Waals surface area contributed by atoms with Crippen molar-refractivity contribution in [2.75, 3.05) is 27.2 Å². The van der Waals surface area contributed by atoms with Gasteiger partial charge in [-0.2, -0.15) is 0 Å². The summed E-state index contributed by atoms with van der Waals surface area (Å²) in [6, 6.07) is 7.26. The van der Waals surface area contributed by atoms with Gasteiger partial charge in [-0.1, -0.05) is 12.1 Å². The molecule has 0 saturated heterocycles. The molecule has 0 spiro atoms. The molecule has 0 aliphatic carbocycles. The molecule has 98 valence electrons. The molecule has 0 saturated carbocycles. The van der Waals surface area contributed by atoms with Crippen molar-refractivity contribution in [2.24, 2.45) is 0 Å². The van der Waals surface area contributed by atoms with Crippen molar-refractivity contribution in [3.8, 4) is 5.75 Å². The molecule has 5 nitrogen and oxygen atoms in total. The average Bonchev–Trinajstić information content (AvgIpc) is 2.37. The van der Waals surface area contributed by atoms with Crippen LogP contribution in [0.1, 0.15) is 0 Å². The van der Waals surface area contributed by atoms with Crippen LogP contribution in [0.2, 0.25) is 0 Å². The van der Waals surface area contributed by atoms with Crippen LogP contribution in [-0.4, -0.2) is 44.0 Å². The number of nitrogens with one attached hydrogen (secondary N) is 1. The number of carbonyl (C=O) groups is 2. The van der Waals surface area contributed by atoms with Crippen molar-refractivity contribution >= 4 is 27.7 Å². The molecule has 0 aliphatic rings. The van der Waals surface area contributed by atoms with Crippen molar-refractivity contribution in [3.63, 3.8) is 0 Å². The van der Waals surface area contributed by atoms with E-state index in [1.807, 2.05) is 18.2 Å². The van der Waals surface area contributed by atoms with Crippen molar-refractivity contribution in [2.45, 2.75) is 0 Å². The lowest BCUT2D eigenvalue weighted by Gasteiger charge is -2.16. The van der Waals surface area contributed by atoms with E-state index >= 15 is 0 Å². The number of rotatable bonds is 5. The molecule has 2 amide bonds. The van der Waals surface area contributed by atoms with Crippen LogP contribution in [0, 0.1) is 0 Å². The Balaban J connectivity index is 2.46. The highest BCUT2D eigenvalue weighted by Gasteiger charge is 2.13. The molecule has 0 bridgehead atoms. The number of halogens is 1. The number of ether oxygens (including phenoxy) is 1. The van der Waals surface area contributed by atoms with E-state index in [1.54, 1.807) is 13.1 Å². The first-order chi connectivity index (χ1) is 8.54. The summed E-state index contributed by atoms with van der Waals surface area (Å²) < 4.78 is 6.15. The van der Waals surface area contributed by atoms with Crippen LogP contribution in [0.25, 0.3) is 0 Å². The molecule has 0 atom stereocenters. The molecule has 0 radical (unpaired) electrons. The SMILES string of the molecule is CNC(=O)CN(C)C(=O)COc1ccccc1Br. The van der Waals surface area contributed by atoms with Crippen LogP contribution >= 0.6 is 15.9 Å². The zero-order chi connectivity index (χ0) is 13.5. The summed E-state index contributed by atoms with van der Waals surface area (Å²) in [6.07, 6.45) is 0. The molecule has 1 rings (SSSR count). The highest BCUT2D eigenvalue weighted by Crippen LogP contribution is 2.23. The summed E-state index contributed by atoms with van der Waals surface area (Å²) >= 11 is 3.32. The van der Waals surface area contributed by atoms with E-state index in [0.29, 0.717) is 5.75 Å². The highest BCUT2D eigenvalue weighted by atomic mass is 79.9. The Morgan fingerprint density at radius 3 is 2.67 bits per heavy atom. The van der Waals surface area contributed by atoms with Crippen LogP contribution in [0.3, 0.4) is 0 Å². The molecular weight excluding hydrogens is 300 g/mol. The Morgan fingerprint density at radius 1 is 1.39 bits per heavy atom. The molecule has 0 fully saturated rings. The van der Waals surface area contributed by atoms with Gasteiger partial charge in [-0.3, -0.25) is 9.59 Å². The van der Waals surface area contributed by atoms with Crippen molar-refractivity contribution < 1.29 is 14.3 Å². The van der Waals surface area contributed by atoms with Crippen LogP contribution < -0.4 is 10.1 Å². The van der Waals surface area contributed by atoms with E-state index in [0.717, 1.165) is 4.47 Å². The first-order valence-electron chi connectivity index (χ1n) is 5.36. The van der Waals surface area contributed by atoms with Crippen molar-refractivity contribution in [1.82, 2.24) is 10.2 Å². The summed E-state index contributed by atoms with van der Waals surface area (Å²) in [4.78, 5) is 24.1. The van der Waals surface area contributed by atoms with Crippen LogP contribution in [0.15, 0.2) is 28.7 Å². The summed E-state index contributed by atoms with van der Waals surface area (Å²) in [6.45, 7) is -0.0786. The standard InChI is InChI=1S/C12H15BrN2O3/c1-14-11(16)7-15(2)12(17)8-18-10-6-4-3-5-9(10)13/h3-6H,7-8H2,1-2H3,(H,14,16). The van der Waals surface area contributed by atoms with Crippen LogP contribution in [0.5, 0.6) is 5.75 Å². The lowest BCUT2D eigenvalue weighted by Crippen LogP contribution is -2.39. The third kappa shape index (κ3) is 4.37. The topological polar surface area (TPSA) is 58.6 Å². The number of likely N-dealkylation sites (N-methyl/N-ethyl adjacent to an activating group) is 2. The number of amides is 2. The molecule has 0 aromatic heterocycles. The smallest absolute Gasteiger partial charge is 0.260 e. The second kappa shape index (κ2) is 7.00. The predicted octanol–water partition coefficient (Wildman–Crippen LogP) is 1.03. The quantitative estimate of drug-likeness (QED) is 0.883. The van der Waals surface area contributed by atoms with Crippen molar-refractivity contribution in [3.05, 3.63) is 28.7 Å². The normalized spacial score (nSPS) is 9.72. The Hall–Kier alpha value is -1.56. The van der Waals surface area contributed by atoms with Crippen LogP contribution in [-0.2, 0) is 9.59 Å². The van der Waals surface area contributed by atoms with E-state index in [9.17, 15) is 9.59 Å². The average molecular weight is 315 g/mol. The second-order valence-electron chi connectivity index (χ2n) is 3.64. The van der Waals surface area contributed by atoms with Gasteiger partial charge in [0.2, 0.25) is 5.91 Å². The Bertz CT molecular complexity index is 437. The van der Waals surface area contributed by atoms with Crippen molar-refractivity contribution in [1.29, 1.82) is 0 Å². The fraction of sp³-hybridized carbons (Fsp3) is 0.333. The van der Waals surface area contributed by atoms with Gasteiger partial charge in [0.15, 0.2) is 6.61 Å². The van der Waals surface area contributed by atoms with Gasteiger partial charge in [-0.05, 0) is 28.1 Å². The Labute approximate surface area is 114 Å². The summed E-state index contributed by atoms with van der Waals surface area (Å²) in [5.41, 5.74) is 0. The predicted molar refractivity (Wildman–Crippen MR) is 71.3 cm³/mol. The Morgan fingerprint density at radius 2 is 2.06 bits per heavy atom. The molecule has 1 N–H and O–H groups in total. The summed E-state index contributed by atoms with van der Waals surface area (Å²) in [7, 11) is 3.08. The zero-order valence-electron chi connectivity index (χ0n) is 10.3. The van der Waals surface area contributed by atoms with E-state index in [1.165, 1.54) is 11.9 Å². The molecule has 0 unspecified atom stereocenters. The van der Waals surface area contributed by atoms with E-state index in [2.05, 4.69) is 21.2 Å². The molecule has 0 heterocycles. The van der Waals surface area contributed by atoms with Gasteiger partial charge in [0.1, 0.15) is 5.75 Å². The van der Waals surface area contributed by atoms with Crippen LogP contribution in [0.4, 0.5) is 0 Å². The molecule has 0 aliphatic heterocycles. The highest BCUT2D eigenvalue weighted by molar-refractivity contribution is 9.10. The minimum absolute atomic E-state index is 0.0225. The number of para-hydroxylation sites is 1. The van der Waals surface area contributed by atoms with Gasteiger partial charge >= 0.3 is 0 Å². The zero-order valence-corrected chi connectivity index (χ0v) is 11.9. The van der Waals surface area contributed by atoms with E-state index < -0.39 is 0 Å². The first kappa shape index (κ1) is 14.5. The summed E-state index contributed by atoms with van der Waals surface area (Å²) in [5.74, 6) is 0.125.